The summed E-state index contributed by atoms with van der Waals surface area (Å²) in [4.78, 5) is 26.6. The van der Waals surface area contributed by atoms with Crippen LogP contribution >= 0.6 is 0 Å². The summed E-state index contributed by atoms with van der Waals surface area (Å²) in [6.07, 6.45) is 10.9. The van der Waals surface area contributed by atoms with Crippen molar-refractivity contribution < 1.29 is 4.79 Å². The lowest BCUT2D eigenvalue weighted by Gasteiger charge is -2.55. The molecule has 0 spiro atoms. The van der Waals surface area contributed by atoms with Crippen LogP contribution in [0.5, 0.6) is 0 Å². The summed E-state index contributed by atoms with van der Waals surface area (Å²) in [7, 11) is 0. The van der Waals surface area contributed by atoms with E-state index in [1.165, 1.54) is 19.3 Å². The van der Waals surface area contributed by atoms with Gasteiger partial charge in [0, 0.05) is 12.4 Å². The van der Waals surface area contributed by atoms with E-state index < -0.39 is 0 Å². The highest BCUT2D eigenvalue weighted by molar-refractivity contribution is 6.11. The number of pyridine rings is 2. The predicted octanol–water partition coefficient (Wildman–Crippen LogP) is 3.62. The molecule has 6 rings (SSSR count). The Morgan fingerprint density at radius 3 is 1.96 bits per heavy atom. The summed E-state index contributed by atoms with van der Waals surface area (Å²) in [6, 6.07) is 11.1. The molecule has 0 aromatic carbocycles. The van der Waals surface area contributed by atoms with Gasteiger partial charge in [-0.05, 0) is 80.5 Å². The van der Waals surface area contributed by atoms with E-state index in [-0.39, 0.29) is 11.4 Å². The highest BCUT2D eigenvalue weighted by Gasteiger charge is 2.51. The van der Waals surface area contributed by atoms with Crippen molar-refractivity contribution in [3.8, 4) is 0 Å². The summed E-state index contributed by atoms with van der Waals surface area (Å²) in [5, 5.41) is 3.01. The van der Waals surface area contributed by atoms with Gasteiger partial charge in [0.15, 0.2) is 5.84 Å². The normalized spacial score (nSPS) is 31.7. The predicted molar refractivity (Wildman–Crippen MR) is 103 cm³/mol. The zero-order valence-electron chi connectivity index (χ0n) is 15.3. The van der Waals surface area contributed by atoms with Crippen LogP contribution < -0.4 is 5.32 Å². The molecule has 4 bridgehead atoms. The van der Waals surface area contributed by atoms with Crippen LogP contribution in [0.25, 0.3) is 0 Å². The maximum atomic E-state index is 12.7. The van der Waals surface area contributed by atoms with Crippen molar-refractivity contribution in [1.29, 1.82) is 0 Å². The third-order valence-electron chi connectivity index (χ3n) is 6.39. The Morgan fingerprint density at radius 2 is 1.44 bits per heavy atom. The topological polar surface area (TPSA) is 67.2 Å². The van der Waals surface area contributed by atoms with Gasteiger partial charge in [-0.3, -0.25) is 19.8 Å². The number of rotatable bonds is 3. The third-order valence-corrected chi connectivity index (χ3v) is 6.39. The number of carbonyl (C=O) groups excluding carboxylic acids is 1. The minimum atomic E-state index is -0.232. The Labute approximate surface area is 159 Å². The van der Waals surface area contributed by atoms with E-state index in [9.17, 15) is 4.79 Å². The van der Waals surface area contributed by atoms with Gasteiger partial charge in [-0.1, -0.05) is 12.1 Å². The summed E-state index contributed by atoms with van der Waals surface area (Å²) in [5.41, 5.74) is 1.09. The van der Waals surface area contributed by atoms with Gasteiger partial charge in [0.2, 0.25) is 0 Å². The second-order valence-electron chi connectivity index (χ2n) is 8.49. The van der Waals surface area contributed by atoms with E-state index in [0.29, 0.717) is 11.5 Å². The largest absolute Gasteiger partial charge is 0.304 e. The van der Waals surface area contributed by atoms with Crippen molar-refractivity contribution in [1.82, 2.24) is 15.3 Å². The van der Waals surface area contributed by atoms with Crippen LogP contribution in [-0.4, -0.2) is 27.2 Å². The summed E-state index contributed by atoms with van der Waals surface area (Å²) < 4.78 is 0. The van der Waals surface area contributed by atoms with Crippen LogP contribution in [0.3, 0.4) is 0 Å². The number of aromatic nitrogens is 2. The van der Waals surface area contributed by atoms with Gasteiger partial charge in [0.1, 0.15) is 11.4 Å². The van der Waals surface area contributed by atoms with Gasteiger partial charge in [-0.15, -0.1) is 0 Å². The second-order valence-corrected chi connectivity index (χ2v) is 8.49. The van der Waals surface area contributed by atoms with E-state index >= 15 is 0 Å². The molecule has 138 valence electrons. The lowest BCUT2D eigenvalue weighted by atomic mass is 9.53. The maximum absolute atomic E-state index is 12.7. The Hall–Kier alpha value is -2.56. The molecule has 4 saturated carbocycles. The van der Waals surface area contributed by atoms with Crippen molar-refractivity contribution in [3.63, 3.8) is 0 Å². The van der Waals surface area contributed by atoms with E-state index in [1.807, 2.05) is 24.3 Å². The van der Waals surface area contributed by atoms with Gasteiger partial charge in [-0.25, -0.2) is 0 Å². The number of amidine groups is 1. The third kappa shape index (κ3) is 3.27. The van der Waals surface area contributed by atoms with E-state index in [4.69, 9.17) is 4.99 Å². The highest BCUT2D eigenvalue weighted by Crippen LogP contribution is 2.57. The summed E-state index contributed by atoms with van der Waals surface area (Å²) in [6.45, 7) is 0. The molecule has 0 unspecified atom stereocenters. The lowest BCUT2D eigenvalue weighted by Crippen LogP contribution is -2.50. The Balaban J connectivity index is 1.49. The minimum absolute atomic E-state index is 0.0288. The van der Waals surface area contributed by atoms with Crippen LogP contribution in [0.2, 0.25) is 0 Å². The molecule has 0 saturated heterocycles. The molecule has 2 aromatic heterocycles. The fourth-order valence-electron chi connectivity index (χ4n) is 5.76. The van der Waals surface area contributed by atoms with Crippen molar-refractivity contribution in [3.05, 3.63) is 60.2 Å². The molecule has 5 nitrogen and oxygen atoms in total. The first-order chi connectivity index (χ1) is 13.2. The number of carbonyl (C=O) groups is 1. The molecular formula is C22H24N4O. The van der Waals surface area contributed by atoms with Gasteiger partial charge < -0.3 is 5.32 Å². The van der Waals surface area contributed by atoms with Crippen LogP contribution in [0, 0.1) is 17.8 Å². The van der Waals surface area contributed by atoms with Crippen molar-refractivity contribution in [2.45, 2.75) is 44.1 Å². The number of amides is 1. The lowest BCUT2D eigenvalue weighted by molar-refractivity contribution is 0.00157. The first-order valence-corrected chi connectivity index (χ1v) is 9.93. The molecule has 4 aliphatic carbocycles. The smallest absolute Gasteiger partial charge is 0.275 e. The molecule has 0 radical (unpaired) electrons. The SMILES string of the molecule is O=C(NC(=NC12CC3CC(CC(C3)C1)C2)c1ccccn1)c1ccccn1. The molecule has 2 aromatic rings. The molecule has 4 fully saturated rings. The number of nitrogens with one attached hydrogen (secondary N) is 1. The van der Waals surface area contributed by atoms with Crippen molar-refractivity contribution in [2.24, 2.45) is 22.7 Å². The van der Waals surface area contributed by atoms with Gasteiger partial charge >= 0.3 is 0 Å². The molecule has 2 heterocycles. The highest BCUT2D eigenvalue weighted by atomic mass is 16.1. The zero-order chi connectivity index (χ0) is 18.3. The van der Waals surface area contributed by atoms with Gasteiger partial charge in [-0.2, -0.15) is 0 Å². The number of hydrogen-bond donors (Lipinski definition) is 1. The number of nitrogens with zero attached hydrogens (tertiary/aromatic N) is 3. The Morgan fingerprint density at radius 1 is 0.889 bits per heavy atom. The monoisotopic (exact) mass is 360 g/mol. The van der Waals surface area contributed by atoms with Gasteiger partial charge in [0.25, 0.3) is 5.91 Å². The average molecular weight is 360 g/mol. The zero-order valence-corrected chi connectivity index (χ0v) is 15.3. The van der Waals surface area contributed by atoms with Gasteiger partial charge in [0.05, 0.1) is 5.54 Å². The van der Waals surface area contributed by atoms with Crippen molar-refractivity contribution >= 4 is 11.7 Å². The molecular weight excluding hydrogens is 336 g/mol. The first-order valence-electron chi connectivity index (χ1n) is 9.93. The van der Waals surface area contributed by atoms with E-state index in [2.05, 4.69) is 15.3 Å². The van der Waals surface area contributed by atoms with Crippen molar-refractivity contribution in [2.75, 3.05) is 0 Å². The standard InChI is InChI=1S/C22H24N4O/c27-21(19-6-2-4-8-24-19)25-20(18-5-1-3-7-23-18)26-22-12-15-9-16(13-22)11-17(10-15)14-22/h1-8,15-17H,9-14H2,(H,25,26,27). The fraction of sp³-hybridized carbons (Fsp3) is 0.455. The Bertz CT molecular complexity index is 827. The average Bonchev–Trinajstić information content (AvgIpc) is 2.67. The molecule has 1 N–H and O–H groups in total. The maximum Gasteiger partial charge on any atom is 0.275 e. The van der Waals surface area contributed by atoms with Crippen LogP contribution in [0.1, 0.15) is 54.7 Å². The van der Waals surface area contributed by atoms with E-state index in [1.54, 1.807) is 24.5 Å². The molecule has 0 aliphatic heterocycles. The molecule has 4 aliphatic rings. The number of aliphatic imine (C=N–C) groups is 1. The van der Waals surface area contributed by atoms with Crippen LogP contribution in [0.15, 0.2) is 53.8 Å². The molecule has 0 atom stereocenters. The molecule has 1 amide bonds. The summed E-state index contributed by atoms with van der Waals surface area (Å²) in [5.74, 6) is 2.77. The Kier molecular flexibility index (Phi) is 4.03. The van der Waals surface area contributed by atoms with Crippen LogP contribution in [0.4, 0.5) is 0 Å². The number of hydrogen-bond acceptors (Lipinski definition) is 4. The molecule has 27 heavy (non-hydrogen) atoms. The quantitative estimate of drug-likeness (QED) is 0.671. The van der Waals surface area contributed by atoms with E-state index in [0.717, 1.165) is 42.7 Å². The van der Waals surface area contributed by atoms with Crippen LogP contribution in [-0.2, 0) is 0 Å². The minimum Gasteiger partial charge on any atom is -0.304 e. The summed E-state index contributed by atoms with van der Waals surface area (Å²) >= 11 is 0. The second kappa shape index (κ2) is 6.55. The fourth-order valence-corrected chi connectivity index (χ4v) is 5.76. The first kappa shape index (κ1) is 16.6. The molecule has 5 heteroatoms.